The van der Waals surface area contributed by atoms with Crippen molar-refractivity contribution in [3.05, 3.63) is 61.5 Å². The Hall–Kier alpha value is -3.15. The van der Waals surface area contributed by atoms with Gasteiger partial charge in [-0.25, -0.2) is 9.59 Å². The van der Waals surface area contributed by atoms with Crippen LogP contribution in [0.4, 0.5) is 0 Å². The molecule has 152 valence electrons. The first-order valence-corrected chi connectivity index (χ1v) is 9.79. The van der Waals surface area contributed by atoms with Crippen LogP contribution in [0.3, 0.4) is 0 Å². The highest BCUT2D eigenvalue weighted by atomic mass is 16.4. The Morgan fingerprint density at radius 3 is 2.14 bits per heavy atom. The number of fused-ring (bicyclic) bond motifs is 2. The zero-order valence-corrected chi connectivity index (χ0v) is 18.3. The number of rotatable bonds is 1. The summed E-state index contributed by atoms with van der Waals surface area (Å²) in [5.41, 5.74) is 7.11. The molecule has 0 spiro atoms. The van der Waals surface area contributed by atoms with Gasteiger partial charge in [-0.05, 0) is 44.9 Å². The lowest BCUT2D eigenvalue weighted by Gasteiger charge is -2.15. The Labute approximate surface area is 169 Å². The molecule has 2 heterocycles. The molecule has 0 aliphatic heterocycles. The first kappa shape index (κ1) is 20.6. The molecule has 29 heavy (non-hydrogen) atoms. The number of aryl methyl sites for hydroxylation is 6. The van der Waals surface area contributed by atoms with Crippen molar-refractivity contribution in [2.75, 3.05) is 0 Å². The molecular weight excluding hydrogens is 366 g/mol. The third kappa shape index (κ3) is 2.99. The van der Waals surface area contributed by atoms with Gasteiger partial charge in [0.05, 0.1) is 16.7 Å². The highest BCUT2D eigenvalue weighted by molar-refractivity contribution is 6.06. The minimum absolute atomic E-state index is 0.328. The van der Waals surface area contributed by atoms with Crippen molar-refractivity contribution in [3.8, 4) is 11.3 Å². The van der Waals surface area contributed by atoms with Gasteiger partial charge in [0, 0.05) is 36.2 Å². The monoisotopic (exact) mass is 393 g/mol. The van der Waals surface area contributed by atoms with Gasteiger partial charge in [-0.15, -0.1) is 0 Å². The first-order chi connectivity index (χ1) is 13.7. The summed E-state index contributed by atoms with van der Waals surface area (Å²) >= 11 is 0. The van der Waals surface area contributed by atoms with Crippen molar-refractivity contribution >= 4 is 22.0 Å². The van der Waals surface area contributed by atoms with E-state index in [0.29, 0.717) is 16.8 Å². The lowest BCUT2D eigenvalue weighted by atomic mass is 9.96. The Balaban J connectivity index is 0.00000117. The number of hydrogen-bond donors (Lipinski definition) is 0. The number of benzene rings is 2. The normalized spacial score (nSPS) is 11.0. The van der Waals surface area contributed by atoms with Gasteiger partial charge in [-0.2, -0.15) is 4.98 Å². The molecule has 0 N–H and O–H groups in total. The van der Waals surface area contributed by atoms with E-state index in [1.54, 1.807) is 18.7 Å². The summed E-state index contributed by atoms with van der Waals surface area (Å²) in [6.07, 6.45) is 0. The summed E-state index contributed by atoms with van der Waals surface area (Å²) < 4.78 is 8.54. The first-order valence-electron chi connectivity index (χ1n) is 9.79. The molecule has 0 amide bonds. The van der Waals surface area contributed by atoms with E-state index >= 15 is 0 Å². The van der Waals surface area contributed by atoms with Crippen LogP contribution in [0.2, 0.25) is 0 Å². The van der Waals surface area contributed by atoms with Gasteiger partial charge < -0.3 is 4.42 Å². The Bertz CT molecular complexity index is 1370. The molecule has 0 atom stereocenters. The predicted molar refractivity (Wildman–Crippen MR) is 118 cm³/mol. The number of aromatic nitrogens is 3. The quantitative estimate of drug-likeness (QED) is 0.483. The van der Waals surface area contributed by atoms with E-state index in [-0.39, 0.29) is 5.69 Å². The second kappa shape index (κ2) is 7.35. The van der Waals surface area contributed by atoms with E-state index < -0.39 is 5.76 Å². The fourth-order valence-corrected chi connectivity index (χ4v) is 3.84. The van der Waals surface area contributed by atoms with Gasteiger partial charge in [0.2, 0.25) is 0 Å². The van der Waals surface area contributed by atoms with Crippen LogP contribution in [-0.2, 0) is 14.1 Å². The number of hydrogen-bond acceptors (Lipinski definition) is 4. The fourth-order valence-electron chi connectivity index (χ4n) is 3.84. The van der Waals surface area contributed by atoms with Crippen molar-refractivity contribution in [1.29, 1.82) is 0 Å². The van der Waals surface area contributed by atoms with Crippen LogP contribution >= 0.6 is 0 Å². The highest BCUT2D eigenvalue weighted by Gasteiger charge is 2.22. The fraction of sp³-hybridized carbons (Fsp3) is 0.348. The molecule has 2 aromatic heterocycles. The molecule has 0 saturated carbocycles. The standard InChI is InChI=1S/C21H21N3O3.C2H6/c1-10-7-8-14(9-11(10)2)16-15-12(3)19-18(24(6)21(26)27-19)13(4)17(15)23(5)20(25)22-16;1-2/h7-9H,1-6H3;1-2H3. The lowest BCUT2D eigenvalue weighted by Crippen LogP contribution is -2.22. The zero-order chi connectivity index (χ0) is 21.6. The SMILES string of the molecule is CC.Cc1ccc(-c2nc(=O)n(C)c3c(C)c4c(oc(=O)n4C)c(C)c23)cc1C. The molecule has 0 bridgehead atoms. The molecule has 0 aliphatic carbocycles. The van der Waals surface area contributed by atoms with Crippen molar-refractivity contribution in [2.24, 2.45) is 14.1 Å². The Morgan fingerprint density at radius 2 is 1.52 bits per heavy atom. The van der Waals surface area contributed by atoms with Gasteiger partial charge in [-0.1, -0.05) is 26.0 Å². The lowest BCUT2D eigenvalue weighted by molar-refractivity contribution is 0.527. The average molecular weight is 393 g/mol. The summed E-state index contributed by atoms with van der Waals surface area (Å²) in [4.78, 5) is 29.1. The molecule has 2 aromatic carbocycles. The molecule has 6 heteroatoms. The third-order valence-corrected chi connectivity index (χ3v) is 5.52. The van der Waals surface area contributed by atoms with Crippen LogP contribution in [0.15, 0.2) is 32.2 Å². The van der Waals surface area contributed by atoms with Crippen LogP contribution in [-0.4, -0.2) is 14.1 Å². The van der Waals surface area contributed by atoms with Crippen molar-refractivity contribution in [1.82, 2.24) is 14.1 Å². The predicted octanol–water partition coefficient (Wildman–Crippen LogP) is 4.31. The van der Waals surface area contributed by atoms with E-state index in [0.717, 1.165) is 33.2 Å². The molecule has 0 radical (unpaired) electrons. The maximum atomic E-state index is 12.6. The van der Waals surface area contributed by atoms with Crippen molar-refractivity contribution in [2.45, 2.75) is 41.5 Å². The largest absolute Gasteiger partial charge is 0.419 e. The molecule has 0 aliphatic rings. The van der Waals surface area contributed by atoms with E-state index in [9.17, 15) is 9.59 Å². The maximum absolute atomic E-state index is 12.6. The van der Waals surface area contributed by atoms with Gasteiger partial charge in [-0.3, -0.25) is 9.13 Å². The molecule has 4 aromatic rings. The summed E-state index contributed by atoms with van der Waals surface area (Å²) in [6.45, 7) is 11.9. The summed E-state index contributed by atoms with van der Waals surface area (Å²) in [7, 11) is 3.38. The molecule has 4 rings (SSSR count). The van der Waals surface area contributed by atoms with Crippen LogP contribution < -0.4 is 11.4 Å². The molecule has 0 saturated heterocycles. The maximum Gasteiger partial charge on any atom is 0.419 e. The molecule has 6 nitrogen and oxygen atoms in total. The summed E-state index contributed by atoms with van der Waals surface area (Å²) in [5.74, 6) is -0.419. The summed E-state index contributed by atoms with van der Waals surface area (Å²) in [5, 5.41) is 0.833. The average Bonchev–Trinajstić information content (AvgIpc) is 3.01. The number of nitrogens with zero attached hydrogens (tertiary/aromatic N) is 3. The smallest absolute Gasteiger partial charge is 0.407 e. The molecule has 0 unspecified atom stereocenters. The van der Waals surface area contributed by atoms with Crippen LogP contribution in [0.25, 0.3) is 33.3 Å². The van der Waals surface area contributed by atoms with Crippen LogP contribution in [0.5, 0.6) is 0 Å². The number of oxazole rings is 1. The van der Waals surface area contributed by atoms with Gasteiger partial charge in [0.1, 0.15) is 0 Å². The molecule has 0 fully saturated rings. The van der Waals surface area contributed by atoms with E-state index in [1.165, 1.54) is 10.1 Å². The summed E-state index contributed by atoms with van der Waals surface area (Å²) in [6, 6.07) is 6.04. The Kier molecular flexibility index (Phi) is 5.22. The van der Waals surface area contributed by atoms with E-state index in [4.69, 9.17) is 4.42 Å². The van der Waals surface area contributed by atoms with Crippen molar-refractivity contribution < 1.29 is 4.42 Å². The van der Waals surface area contributed by atoms with Gasteiger partial charge in [0.25, 0.3) is 0 Å². The van der Waals surface area contributed by atoms with E-state index in [2.05, 4.69) is 4.98 Å². The highest BCUT2D eigenvalue weighted by Crippen LogP contribution is 2.35. The second-order valence-corrected chi connectivity index (χ2v) is 7.18. The van der Waals surface area contributed by atoms with E-state index in [1.807, 2.05) is 59.7 Å². The molecular formula is C23H27N3O3. The third-order valence-electron chi connectivity index (χ3n) is 5.52. The minimum Gasteiger partial charge on any atom is -0.407 e. The van der Waals surface area contributed by atoms with Gasteiger partial charge in [0.15, 0.2) is 5.58 Å². The van der Waals surface area contributed by atoms with Crippen LogP contribution in [0, 0.1) is 27.7 Å². The van der Waals surface area contributed by atoms with Crippen LogP contribution in [0.1, 0.15) is 36.1 Å². The zero-order valence-electron chi connectivity index (χ0n) is 18.3. The topological polar surface area (TPSA) is 70.0 Å². The van der Waals surface area contributed by atoms with Gasteiger partial charge >= 0.3 is 11.4 Å². The second-order valence-electron chi connectivity index (χ2n) is 7.18. The van der Waals surface area contributed by atoms with Crippen molar-refractivity contribution in [3.63, 3.8) is 0 Å². The Morgan fingerprint density at radius 1 is 0.862 bits per heavy atom. The minimum atomic E-state index is -0.419.